The van der Waals surface area contributed by atoms with Crippen LogP contribution in [0.5, 0.6) is 5.88 Å². The van der Waals surface area contributed by atoms with Gasteiger partial charge in [0.05, 0.1) is 6.20 Å². The lowest BCUT2D eigenvalue weighted by atomic mass is 10.2. The molecular weight excluding hydrogens is 243 g/mol. The number of hydrogen-bond acceptors (Lipinski definition) is 3. The van der Waals surface area contributed by atoms with Gasteiger partial charge in [-0.3, -0.25) is 0 Å². The van der Waals surface area contributed by atoms with Gasteiger partial charge < -0.3 is 4.74 Å². The summed E-state index contributed by atoms with van der Waals surface area (Å²) in [5.74, 6) is 0.187. The summed E-state index contributed by atoms with van der Waals surface area (Å²) >= 11 is 0. The van der Waals surface area contributed by atoms with Crippen molar-refractivity contribution in [3.05, 3.63) is 66.1 Å². The molecular formula is C15H11FN2O. The van der Waals surface area contributed by atoms with Crippen LogP contribution >= 0.6 is 0 Å². The van der Waals surface area contributed by atoms with Crippen LogP contribution in [0.25, 0.3) is 10.8 Å². The zero-order chi connectivity index (χ0) is 13.1. The molecule has 1 aromatic heterocycles. The largest absolute Gasteiger partial charge is 0.471 e. The molecule has 94 valence electrons. The third kappa shape index (κ3) is 2.52. The molecule has 0 aliphatic rings. The monoisotopic (exact) mass is 254 g/mol. The zero-order valence-corrected chi connectivity index (χ0v) is 10.1. The third-order valence-electron chi connectivity index (χ3n) is 2.80. The fourth-order valence-electron chi connectivity index (χ4n) is 1.89. The Hall–Kier alpha value is -2.49. The van der Waals surface area contributed by atoms with Crippen molar-refractivity contribution in [1.29, 1.82) is 0 Å². The van der Waals surface area contributed by atoms with Crippen molar-refractivity contribution in [2.24, 2.45) is 0 Å². The van der Waals surface area contributed by atoms with Crippen LogP contribution in [-0.2, 0) is 6.61 Å². The van der Waals surface area contributed by atoms with E-state index < -0.39 is 0 Å². The van der Waals surface area contributed by atoms with Crippen LogP contribution in [0.4, 0.5) is 4.39 Å². The molecule has 0 radical (unpaired) electrons. The molecule has 0 saturated carbocycles. The standard InChI is InChI=1S/C15H11FN2O/c16-13-6-3-4-11(8-13)10-19-15-14-7-2-1-5-12(14)9-17-18-15/h1-9H,10H2. The van der Waals surface area contributed by atoms with E-state index in [0.29, 0.717) is 5.88 Å². The Bertz CT molecular complexity index is 710. The minimum atomic E-state index is -0.273. The van der Waals surface area contributed by atoms with E-state index >= 15 is 0 Å². The van der Waals surface area contributed by atoms with Gasteiger partial charge >= 0.3 is 0 Å². The van der Waals surface area contributed by atoms with Crippen molar-refractivity contribution in [1.82, 2.24) is 10.2 Å². The summed E-state index contributed by atoms with van der Waals surface area (Å²) in [6.07, 6.45) is 1.68. The van der Waals surface area contributed by atoms with Crippen LogP contribution < -0.4 is 4.74 Å². The molecule has 0 bridgehead atoms. The zero-order valence-electron chi connectivity index (χ0n) is 10.1. The first-order chi connectivity index (χ1) is 9.33. The van der Waals surface area contributed by atoms with Crippen LogP contribution in [0.15, 0.2) is 54.7 Å². The molecule has 0 saturated heterocycles. The van der Waals surface area contributed by atoms with Gasteiger partial charge in [-0.2, -0.15) is 5.10 Å². The lowest BCUT2D eigenvalue weighted by Crippen LogP contribution is -1.99. The second-order valence-corrected chi connectivity index (χ2v) is 4.16. The molecule has 4 heteroatoms. The number of rotatable bonds is 3. The molecule has 0 spiro atoms. The Labute approximate surface area is 109 Å². The number of fused-ring (bicyclic) bond motifs is 1. The van der Waals surface area contributed by atoms with Gasteiger partial charge in [-0.1, -0.05) is 30.3 Å². The minimum Gasteiger partial charge on any atom is -0.471 e. The molecule has 1 heterocycles. The summed E-state index contributed by atoms with van der Waals surface area (Å²) in [7, 11) is 0. The van der Waals surface area contributed by atoms with Crippen LogP contribution in [0.3, 0.4) is 0 Å². The highest BCUT2D eigenvalue weighted by Gasteiger charge is 2.04. The Morgan fingerprint density at radius 3 is 2.84 bits per heavy atom. The molecule has 2 aromatic carbocycles. The average Bonchev–Trinajstić information content (AvgIpc) is 2.45. The van der Waals surface area contributed by atoms with Crippen molar-refractivity contribution in [3.63, 3.8) is 0 Å². The van der Waals surface area contributed by atoms with Crippen molar-refractivity contribution in [3.8, 4) is 5.88 Å². The molecule has 3 aromatic rings. The Balaban J connectivity index is 1.86. The third-order valence-corrected chi connectivity index (χ3v) is 2.80. The van der Waals surface area contributed by atoms with E-state index in [9.17, 15) is 4.39 Å². The van der Waals surface area contributed by atoms with E-state index in [-0.39, 0.29) is 12.4 Å². The molecule has 3 nitrogen and oxygen atoms in total. The Morgan fingerprint density at radius 1 is 1.05 bits per heavy atom. The summed E-state index contributed by atoms with van der Waals surface area (Å²) < 4.78 is 18.7. The van der Waals surface area contributed by atoms with Gasteiger partial charge in [0.1, 0.15) is 12.4 Å². The predicted octanol–water partition coefficient (Wildman–Crippen LogP) is 3.35. The van der Waals surface area contributed by atoms with E-state index in [1.165, 1.54) is 12.1 Å². The van der Waals surface area contributed by atoms with Gasteiger partial charge in [0.2, 0.25) is 5.88 Å². The van der Waals surface area contributed by atoms with Crippen molar-refractivity contribution in [2.45, 2.75) is 6.61 Å². The maximum atomic E-state index is 13.1. The number of halogens is 1. The number of benzene rings is 2. The highest BCUT2D eigenvalue weighted by atomic mass is 19.1. The van der Waals surface area contributed by atoms with Gasteiger partial charge in [-0.05, 0) is 23.8 Å². The van der Waals surface area contributed by atoms with E-state index in [2.05, 4.69) is 10.2 Å². The predicted molar refractivity (Wildman–Crippen MR) is 70.3 cm³/mol. The lowest BCUT2D eigenvalue weighted by molar-refractivity contribution is 0.294. The number of hydrogen-bond donors (Lipinski definition) is 0. The Morgan fingerprint density at radius 2 is 1.95 bits per heavy atom. The van der Waals surface area contributed by atoms with E-state index in [1.807, 2.05) is 30.3 Å². The van der Waals surface area contributed by atoms with Gasteiger partial charge in [-0.25, -0.2) is 4.39 Å². The summed E-state index contributed by atoms with van der Waals surface area (Å²) in [6, 6.07) is 14.0. The fourth-order valence-corrected chi connectivity index (χ4v) is 1.89. The summed E-state index contributed by atoms with van der Waals surface area (Å²) in [6.45, 7) is 0.264. The minimum absolute atomic E-state index is 0.264. The van der Waals surface area contributed by atoms with Gasteiger partial charge in [0.15, 0.2) is 0 Å². The summed E-state index contributed by atoms with van der Waals surface area (Å²) in [4.78, 5) is 0. The lowest BCUT2D eigenvalue weighted by Gasteiger charge is -2.07. The van der Waals surface area contributed by atoms with Crippen molar-refractivity contribution < 1.29 is 9.13 Å². The van der Waals surface area contributed by atoms with E-state index in [1.54, 1.807) is 12.3 Å². The molecule has 0 amide bonds. The second-order valence-electron chi connectivity index (χ2n) is 4.16. The molecule has 0 unspecified atom stereocenters. The van der Waals surface area contributed by atoms with E-state index in [4.69, 9.17) is 4.74 Å². The van der Waals surface area contributed by atoms with Gasteiger partial charge in [0, 0.05) is 10.8 Å². The normalized spacial score (nSPS) is 10.6. The van der Waals surface area contributed by atoms with Gasteiger partial charge in [-0.15, -0.1) is 5.10 Å². The summed E-state index contributed by atoms with van der Waals surface area (Å²) in [5.41, 5.74) is 0.759. The summed E-state index contributed by atoms with van der Waals surface area (Å²) in [5, 5.41) is 9.73. The molecule has 3 rings (SSSR count). The SMILES string of the molecule is Fc1cccc(COc2nncc3ccccc23)c1. The first kappa shape index (κ1) is 11.6. The molecule has 0 aliphatic carbocycles. The smallest absolute Gasteiger partial charge is 0.241 e. The molecule has 0 aliphatic heterocycles. The molecule has 0 N–H and O–H groups in total. The van der Waals surface area contributed by atoms with Crippen LogP contribution in [0.1, 0.15) is 5.56 Å². The first-order valence-electron chi connectivity index (χ1n) is 5.90. The second kappa shape index (κ2) is 5.02. The van der Waals surface area contributed by atoms with E-state index in [0.717, 1.165) is 16.3 Å². The fraction of sp³-hybridized carbons (Fsp3) is 0.0667. The van der Waals surface area contributed by atoms with Crippen LogP contribution in [-0.4, -0.2) is 10.2 Å². The number of nitrogens with zero attached hydrogens (tertiary/aromatic N) is 2. The van der Waals surface area contributed by atoms with Gasteiger partial charge in [0.25, 0.3) is 0 Å². The number of aromatic nitrogens is 2. The van der Waals surface area contributed by atoms with Crippen LogP contribution in [0.2, 0.25) is 0 Å². The first-order valence-corrected chi connectivity index (χ1v) is 5.90. The highest BCUT2D eigenvalue weighted by molar-refractivity contribution is 5.85. The van der Waals surface area contributed by atoms with Crippen molar-refractivity contribution >= 4 is 10.8 Å². The maximum absolute atomic E-state index is 13.1. The maximum Gasteiger partial charge on any atom is 0.241 e. The Kier molecular flexibility index (Phi) is 3.06. The average molecular weight is 254 g/mol. The number of ether oxygens (including phenoxy) is 1. The highest BCUT2D eigenvalue weighted by Crippen LogP contribution is 2.22. The topological polar surface area (TPSA) is 35.0 Å². The van der Waals surface area contributed by atoms with Crippen LogP contribution in [0, 0.1) is 5.82 Å². The van der Waals surface area contributed by atoms with Crippen molar-refractivity contribution in [2.75, 3.05) is 0 Å². The molecule has 0 atom stereocenters. The molecule has 19 heavy (non-hydrogen) atoms. The molecule has 0 fully saturated rings. The quantitative estimate of drug-likeness (QED) is 0.719.